The first kappa shape index (κ1) is 12.9. The van der Waals surface area contributed by atoms with Crippen LogP contribution in [0.3, 0.4) is 0 Å². The number of amides is 1. The Hall–Kier alpha value is -2.50. The molecule has 100 valence electrons. The number of aromatic nitrogens is 2. The predicted molar refractivity (Wildman–Crippen MR) is 73.2 cm³/mol. The van der Waals surface area contributed by atoms with E-state index in [1.54, 1.807) is 33.0 Å². The molecule has 1 heterocycles. The van der Waals surface area contributed by atoms with Gasteiger partial charge in [0, 0.05) is 12.6 Å². The number of hydrogen-bond donors (Lipinski definition) is 3. The molecule has 19 heavy (non-hydrogen) atoms. The highest BCUT2D eigenvalue weighted by Gasteiger charge is 2.14. The highest BCUT2D eigenvalue weighted by molar-refractivity contribution is 6.05. The summed E-state index contributed by atoms with van der Waals surface area (Å²) in [4.78, 5) is 12.1. The molecule has 1 aromatic carbocycles. The van der Waals surface area contributed by atoms with Crippen LogP contribution < -0.4 is 11.1 Å². The van der Waals surface area contributed by atoms with Crippen molar-refractivity contribution in [3.8, 4) is 5.75 Å². The molecule has 0 saturated heterocycles. The number of nitrogens with zero attached hydrogens (tertiary/aromatic N) is 2. The lowest BCUT2D eigenvalue weighted by molar-refractivity contribution is 0.102. The third-order valence-corrected chi connectivity index (χ3v) is 2.97. The summed E-state index contributed by atoms with van der Waals surface area (Å²) in [5.74, 6) is 0.189. The van der Waals surface area contributed by atoms with E-state index in [0.29, 0.717) is 28.3 Å². The topological polar surface area (TPSA) is 93.2 Å². The van der Waals surface area contributed by atoms with E-state index >= 15 is 0 Å². The fourth-order valence-corrected chi connectivity index (χ4v) is 1.75. The molecule has 0 bridgehead atoms. The molecule has 0 aliphatic rings. The van der Waals surface area contributed by atoms with Gasteiger partial charge in [0.25, 0.3) is 5.91 Å². The largest absolute Gasteiger partial charge is 0.508 e. The van der Waals surface area contributed by atoms with Gasteiger partial charge in [-0.15, -0.1) is 0 Å². The van der Waals surface area contributed by atoms with Crippen molar-refractivity contribution in [1.29, 1.82) is 0 Å². The van der Waals surface area contributed by atoms with Crippen molar-refractivity contribution >= 4 is 17.4 Å². The molecule has 6 nitrogen and oxygen atoms in total. The summed E-state index contributed by atoms with van der Waals surface area (Å²) < 4.78 is 1.51. The molecule has 0 atom stereocenters. The van der Waals surface area contributed by atoms with E-state index in [4.69, 9.17) is 5.73 Å². The molecule has 0 spiro atoms. The zero-order valence-corrected chi connectivity index (χ0v) is 11.1. The van der Waals surface area contributed by atoms with Gasteiger partial charge in [-0.3, -0.25) is 9.48 Å². The number of nitrogen functional groups attached to an aromatic ring is 1. The van der Waals surface area contributed by atoms with Crippen LogP contribution in [0.25, 0.3) is 0 Å². The minimum absolute atomic E-state index is 0.0850. The Labute approximate surface area is 110 Å². The number of nitrogens with one attached hydrogen (secondary N) is 1. The lowest BCUT2D eigenvalue weighted by Gasteiger charge is -2.07. The lowest BCUT2D eigenvalue weighted by atomic mass is 10.1. The van der Waals surface area contributed by atoms with Gasteiger partial charge in [0.1, 0.15) is 5.75 Å². The van der Waals surface area contributed by atoms with Crippen molar-refractivity contribution in [3.63, 3.8) is 0 Å². The zero-order valence-electron chi connectivity index (χ0n) is 11.1. The van der Waals surface area contributed by atoms with Crippen molar-refractivity contribution in [2.45, 2.75) is 13.8 Å². The summed E-state index contributed by atoms with van der Waals surface area (Å²) in [6, 6.07) is 4.75. The van der Waals surface area contributed by atoms with Gasteiger partial charge in [0.2, 0.25) is 0 Å². The maximum absolute atomic E-state index is 12.1. The average Bonchev–Trinajstić information content (AvgIpc) is 2.59. The number of aromatic hydroxyl groups is 1. The molecule has 2 rings (SSSR count). The lowest BCUT2D eigenvalue weighted by Crippen LogP contribution is -2.15. The first-order valence-electron chi connectivity index (χ1n) is 5.80. The average molecular weight is 260 g/mol. The Kier molecular flexibility index (Phi) is 3.16. The van der Waals surface area contributed by atoms with E-state index in [-0.39, 0.29) is 11.7 Å². The fourth-order valence-electron chi connectivity index (χ4n) is 1.75. The van der Waals surface area contributed by atoms with Gasteiger partial charge in [-0.1, -0.05) is 6.07 Å². The number of nitrogens with two attached hydrogens (primary N) is 1. The number of carbonyl (C=O) groups excluding carboxylic acids is 1. The molecule has 4 N–H and O–H groups in total. The number of phenolic OH excluding ortho intramolecular Hbond substituents is 1. The number of aryl methyl sites for hydroxylation is 3. The zero-order chi connectivity index (χ0) is 14.2. The number of carbonyl (C=O) groups is 1. The van der Waals surface area contributed by atoms with Gasteiger partial charge in [-0.25, -0.2) is 0 Å². The third-order valence-electron chi connectivity index (χ3n) is 2.97. The standard InChI is InChI=1S/C13H16N4O2/c1-7-4-5-9(6-10(7)18)13(19)15-12-11(14)8(2)16-17(12)3/h4-6,18H,14H2,1-3H3,(H,15,19). The molecule has 0 unspecified atom stereocenters. The Morgan fingerprint density at radius 2 is 2.11 bits per heavy atom. The Bertz CT molecular complexity index is 646. The van der Waals surface area contributed by atoms with Crippen LogP contribution in [0.2, 0.25) is 0 Å². The Balaban J connectivity index is 2.28. The summed E-state index contributed by atoms with van der Waals surface area (Å²) in [5.41, 5.74) is 8.01. The minimum atomic E-state index is -0.343. The minimum Gasteiger partial charge on any atom is -0.508 e. The Morgan fingerprint density at radius 3 is 2.63 bits per heavy atom. The van der Waals surface area contributed by atoms with Gasteiger partial charge in [0.15, 0.2) is 5.82 Å². The fraction of sp³-hybridized carbons (Fsp3) is 0.231. The molecule has 0 saturated carbocycles. The number of anilines is 2. The first-order chi connectivity index (χ1) is 8.90. The highest BCUT2D eigenvalue weighted by Crippen LogP contribution is 2.23. The van der Waals surface area contributed by atoms with E-state index in [9.17, 15) is 9.90 Å². The van der Waals surface area contributed by atoms with Crippen LogP contribution in [-0.2, 0) is 7.05 Å². The second-order valence-corrected chi connectivity index (χ2v) is 4.43. The predicted octanol–water partition coefficient (Wildman–Crippen LogP) is 1.58. The molecule has 1 aromatic heterocycles. The van der Waals surface area contributed by atoms with Crippen LogP contribution in [0.4, 0.5) is 11.5 Å². The van der Waals surface area contributed by atoms with Crippen LogP contribution >= 0.6 is 0 Å². The van der Waals surface area contributed by atoms with Crippen molar-refractivity contribution in [2.24, 2.45) is 7.05 Å². The van der Waals surface area contributed by atoms with Crippen LogP contribution in [0, 0.1) is 13.8 Å². The normalized spacial score (nSPS) is 10.5. The SMILES string of the molecule is Cc1ccc(C(=O)Nc2c(N)c(C)nn2C)cc1O. The summed E-state index contributed by atoms with van der Waals surface area (Å²) >= 11 is 0. The molecule has 2 aromatic rings. The van der Waals surface area contributed by atoms with E-state index in [1.807, 2.05) is 0 Å². The second-order valence-electron chi connectivity index (χ2n) is 4.43. The molecule has 0 fully saturated rings. The molecule has 0 aliphatic heterocycles. The number of rotatable bonds is 2. The van der Waals surface area contributed by atoms with Crippen molar-refractivity contribution < 1.29 is 9.90 Å². The van der Waals surface area contributed by atoms with Crippen molar-refractivity contribution in [3.05, 3.63) is 35.0 Å². The van der Waals surface area contributed by atoms with Crippen LogP contribution in [0.1, 0.15) is 21.6 Å². The van der Waals surface area contributed by atoms with E-state index < -0.39 is 0 Å². The summed E-state index contributed by atoms with van der Waals surface area (Å²) in [6.07, 6.45) is 0. The second kappa shape index (κ2) is 4.64. The van der Waals surface area contributed by atoms with E-state index in [0.717, 1.165) is 0 Å². The molecule has 6 heteroatoms. The quantitative estimate of drug-likeness (QED) is 0.764. The molecular formula is C13H16N4O2. The third kappa shape index (κ3) is 2.37. The molecule has 0 aliphatic carbocycles. The van der Waals surface area contributed by atoms with Gasteiger partial charge in [-0.05, 0) is 31.5 Å². The maximum Gasteiger partial charge on any atom is 0.257 e. The summed E-state index contributed by atoms with van der Waals surface area (Å²) in [6.45, 7) is 3.53. The molecular weight excluding hydrogens is 244 g/mol. The van der Waals surface area contributed by atoms with Crippen LogP contribution in [-0.4, -0.2) is 20.8 Å². The monoisotopic (exact) mass is 260 g/mol. The van der Waals surface area contributed by atoms with Crippen molar-refractivity contribution in [2.75, 3.05) is 11.1 Å². The smallest absolute Gasteiger partial charge is 0.257 e. The van der Waals surface area contributed by atoms with Gasteiger partial charge < -0.3 is 16.2 Å². The van der Waals surface area contributed by atoms with E-state index in [1.165, 1.54) is 10.7 Å². The number of hydrogen-bond acceptors (Lipinski definition) is 4. The first-order valence-corrected chi connectivity index (χ1v) is 5.80. The Morgan fingerprint density at radius 1 is 1.42 bits per heavy atom. The van der Waals surface area contributed by atoms with Gasteiger partial charge in [0.05, 0.1) is 11.4 Å². The van der Waals surface area contributed by atoms with E-state index in [2.05, 4.69) is 10.4 Å². The van der Waals surface area contributed by atoms with Crippen LogP contribution in [0.5, 0.6) is 5.75 Å². The number of phenols is 1. The summed E-state index contributed by atoms with van der Waals surface area (Å²) in [5, 5.41) is 16.4. The maximum atomic E-state index is 12.1. The van der Waals surface area contributed by atoms with Gasteiger partial charge >= 0.3 is 0 Å². The number of benzene rings is 1. The van der Waals surface area contributed by atoms with Crippen molar-refractivity contribution in [1.82, 2.24) is 9.78 Å². The molecule has 1 amide bonds. The molecule has 0 radical (unpaired) electrons. The summed E-state index contributed by atoms with van der Waals surface area (Å²) in [7, 11) is 1.70. The van der Waals surface area contributed by atoms with Gasteiger partial charge in [-0.2, -0.15) is 5.10 Å². The van der Waals surface area contributed by atoms with Crippen LogP contribution in [0.15, 0.2) is 18.2 Å². The highest BCUT2D eigenvalue weighted by atomic mass is 16.3.